The fourth-order valence-electron chi connectivity index (χ4n) is 7.71. The van der Waals surface area contributed by atoms with Crippen LogP contribution in [0.4, 0.5) is 0 Å². The first-order chi connectivity index (χ1) is 29.6. The molecule has 1 saturated heterocycles. The lowest BCUT2D eigenvalue weighted by Crippen LogP contribution is -2.55. The minimum atomic E-state index is -5.43. The van der Waals surface area contributed by atoms with Gasteiger partial charge in [0.25, 0.3) is 0 Å². The highest BCUT2D eigenvalue weighted by molar-refractivity contribution is 7.47. The van der Waals surface area contributed by atoms with E-state index in [1.807, 2.05) is 6.92 Å². The molecule has 1 heterocycles. The van der Waals surface area contributed by atoms with E-state index in [-0.39, 0.29) is 19.3 Å². The molecule has 2 rings (SSSR count). The number of fused-ring (bicyclic) bond motifs is 4. The first kappa shape index (κ1) is 56.1. The Morgan fingerprint density at radius 3 is 2.19 bits per heavy atom. The van der Waals surface area contributed by atoms with Gasteiger partial charge in [0.15, 0.2) is 6.10 Å². The molecule has 1 unspecified atom stereocenters. The number of unbranched alkanes of at least 4 members (excludes halogenated alkanes) is 8. The zero-order chi connectivity index (χ0) is 45.9. The van der Waals surface area contributed by atoms with E-state index in [1.54, 1.807) is 0 Å². The maximum absolute atomic E-state index is 13.5. The molecule has 0 amide bonds. The molecule has 0 spiro atoms. The quantitative estimate of drug-likeness (QED) is 0.0337. The number of carbonyl (C=O) groups is 2. The van der Waals surface area contributed by atoms with Crippen LogP contribution in [0.3, 0.4) is 0 Å². The van der Waals surface area contributed by atoms with E-state index < -0.39 is 112 Å². The van der Waals surface area contributed by atoms with Crippen molar-refractivity contribution in [2.75, 3.05) is 13.2 Å². The minimum Gasteiger partial charge on any atom is -0.462 e. The highest BCUT2D eigenvalue weighted by atomic mass is 31.2. The smallest absolute Gasteiger partial charge is 0.462 e. The summed E-state index contributed by atoms with van der Waals surface area (Å²) in [7, 11) is -5.43. The van der Waals surface area contributed by atoms with Gasteiger partial charge in [0.05, 0.1) is 37.1 Å². The Bertz CT molecular complexity index is 1360. The third-order valence-corrected chi connectivity index (χ3v) is 12.5. The third-order valence-electron chi connectivity index (χ3n) is 11.5. The van der Waals surface area contributed by atoms with Gasteiger partial charge in [-0.1, -0.05) is 115 Å². The first-order valence-corrected chi connectivity index (χ1v) is 24.5. The molecular weight excluding hydrogens is 827 g/mol. The van der Waals surface area contributed by atoms with Gasteiger partial charge < -0.3 is 55.2 Å². The molecule has 0 aromatic carbocycles. The minimum absolute atomic E-state index is 0.0519. The van der Waals surface area contributed by atoms with E-state index in [2.05, 4.69) is 31.2 Å². The van der Waals surface area contributed by atoms with Crippen LogP contribution in [-0.4, -0.2) is 132 Å². The van der Waals surface area contributed by atoms with Crippen LogP contribution in [0.1, 0.15) is 149 Å². The van der Waals surface area contributed by atoms with Crippen molar-refractivity contribution in [2.24, 2.45) is 11.8 Å². The first-order valence-electron chi connectivity index (χ1n) is 23.0. The lowest BCUT2D eigenvalue weighted by Gasteiger charge is -2.37. The molecule has 1 aliphatic carbocycles. The van der Waals surface area contributed by atoms with Crippen LogP contribution in [-0.2, 0) is 32.7 Å². The number of phosphoric acid groups is 1. The Balaban J connectivity index is 2.21. The molecule has 360 valence electrons. The Labute approximate surface area is 368 Å². The normalized spacial score (nSPS) is 33.3. The average molecular weight is 907 g/mol. The SMILES string of the molecule is CCC/C=C\C/C=C\CCCCCCCC(=O)OC[C@@H]1COP(=O)(O)O[C@H]2[C@H](O)[C@@H](O)[C@H](O)[C@@H](CCCCCCC(=O)O1)[C@@H](O)C[C@@H](O)[C@H](/C=C/[C@@H](O)CCCCC)[C@@H](O)[C@H]2O. The Hall–Kier alpha value is -2.05. The Morgan fingerprint density at radius 1 is 0.790 bits per heavy atom. The third kappa shape index (κ3) is 22.2. The number of hydrogen-bond acceptors (Lipinski definition) is 15. The van der Waals surface area contributed by atoms with Crippen molar-refractivity contribution in [1.82, 2.24) is 0 Å². The van der Waals surface area contributed by atoms with Crippen molar-refractivity contribution in [1.29, 1.82) is 0 Å². The summed E-state index contributed by atoms with van der Waals surface area (Å²) >= 11 is 0. The van der Waals surface area contributed by atoms with Crippen molar-refractivity contribution >= 4 is 19.8 Å². The number of esters is 2. The van der Waals surface area contributed by atoms with Crippen LogP contribution in [0.2, 0.25) is 0 Å². The maximum atomic E-state index is 13.5. The number of ether oxygens (including phenoxy) is 2. The number of allylic oxidation sites excluding steroid dienone is 4. The second kappa shape index (κ2) is 31.8. The zero-order valence-electron chi connectivity index (χ0n) is 37.0. The van der Waals surface area contributed by atoms with Crippen molar-refractivity contribution in [2.45, 2.75) is 210 Å². The molecule has 2 bridgehead atoms. The molecule has 62 heavy (non-hydrogen) atoms. The van der Waals surface area contributed by atoms with E-state index >= 15 is 0 Å². The lowest BCUT2D eigenvalue weighted by molar-refractivity contribution is -0.167. The second-order valence-corrected chi connectivity index (χ2v) is 18.3. The largest absolute Gasteiger partial charge is 0.472 e. The summed E-state index contributed by atoms with van der Waals surface area (Å²) in [6, 6.07) is 0. The van der Waals surface area contributed by atoms with E-state index in [0.717, 1.165) is 64.2 Å². The van der Waals surface area contributed by atoms with Gasteiger partial charge in [-0.3, -0.25) is 18.6 Å². The van der Waals surface area contributed by atoms with Gasteiger partial charge in [-0.15, -0.1) is 0 Å². The Morgan fingerprint density at radius 2 is 1.47 bits per heavy atom. The number of rotatable bonds is 20. The van der Waals surface area contributed by atoms with E-state index in [9.17, 15) is 59.9 Å². The fraction of sp³-hybridized carbons (Fsp3) is 0.822. The van der Waals surface area contributed by atoms with E-state index in [0.29, 0.717) is 44.9 Å². The molecule has 2 aliphatic rings. The van der Waals surface area contributed by atoms with Gasteiger partial charge in [-0.25, -0.2) is 4.57 Å². The summed E-state index contributed by atoms with van der Waals surface area (Å²) in [5.41, 5.74) is 0. The molecule has 17 heteroatoms. The summed E-state index contributed by atoms with van der Waals surface area (Å²) in [4.78, 5) is 36.4. The van der Waals surface area contributed by atoms with E-state index in [1.165, 1.54) is 12.2 Å². The molecule has 16 nitrogen and oxygen atoms in total. The highest BCUT2D eigenvalue weighted by Crippen LogP contribution is 2.47. The van der Waals surface area contributed by atoms with Gasteiger partial charge in [-0.05, 0) is 51.4 Å². The predicted octanol–water partition coefficient (Wildman–Crippen LogP) is 4.99. The lowest BCUT2D eigenvalue weighted by atomic mass is 9.82. The molecule has 9 N–H and O–H groups in total. The molecule has 13 atom stereocenters. The highest BCUT2D eigenvalue weighted by Gasteiger charge is 2.49. The van der Waals surface area contributed by atoms with Crippen molar-refractivity contribution in [3.8, 4) is 0 Å². The molecule has 0 aromatic heterocycles. The van der Waals surface area contributed by atoms with Crippen molar-refractivity contribution in [3.63, 3.8) is 0 Å². The number of aliphatic hydroxyl groups is 8. The van der Waals surface area contributed by atoms with Crippen LogP contribution in [0.5, 0.6) is 0 Å². The second-order valence-electron chi connectivity index (χ2n) is 16.9. The van der Waals surface area contributed by atoms with Gasteiger partial charge in [-0.2, -0.15) is 0 Å². The van der Waals surface area contributed by atoms with Gasteiger partial charge in [0, 0.05) is 31.1 Å². The zero-order valence-corrected chi connectivity index (χ0v) is 37.9. The molecule has 1 saturated carbocycles. The summed E-state index contributed by atoms with van der Waals surface area (Å²) in [5, 5.41) is 89.9. The fourth-order valence-corrected chi connectivity index (χ4v) is 8.69. The van der Waals surface area contributed by atoms with Crippen LogP contribution < -0.4 is 0 Å². The van der Waals surface area contributed by atoms with Crippen LogP contribution >= 0.6 is 7.82 Å². The van der Waals surface area contributed by atoms with Gasteiger partial charge in [0.1, 0.15) is 31.0 Å². The maximum Gasteiger partial charge on any atom is 0.472 e. The monoisotopic (exact) mass is 907 g/mol. The number of aliphatic hydroxyl groups excluding tert-OH is 8. The molecule has 1 aliphatic heterocycles. The number of carbonyl (C=O) groups excluding carboxylic acids is 2. The van der Waals surface area contributed by atoms with Gasteiger partial charge in [0.2, 0.25) is 0 Å². The van der Waals surface area contributed by atoms with Crippen molar-refractivity contribution in [3.05, 3.63) is 36.5 Å². The standard InChI is InChI=1S/C45H79O16P/c1-3-5-7-8-9-10-11-12-13-14-15-16-21-25-38(49)58-30-33-31-59-62(56,57)61-45-43(54)41(52)35(28-27-32(46)23-19-6-4-2)37(48)29-36(47)34(40(51)42(53)44(45)55)24-20-17-18-22-26-39(50)60-33/h7-8,10-11,27-28,32-37,40-48,51-55H,3-6,9,12-26,29-31H2,1-2H3,(H,56,57)/b8-7-,11-10-,28-27+/t32-,33+,34-,35-,36-,37+,40+,41+,42-,43+,44+,45+/m0/s1. The summed E-state index contributed by atoms with van der Waals surface area (Å²) in [6.45, 7) is 2.77. The Kier molecular flexibility index (Phi) is 28.7. The summed E-state index contributed by atoms with van der Waals surface area (Å²) < 4.78 is 34.6. The summed E-state index contributed by atoms with van der Waals surface area (Å²) in [6.07, 6.45) is 5.24. The average Bonchev–Trinajstić information content (AvgIpc) is 3.23. The number of cyclic esters (lactones) is 1. The summed E-state index contributed by atoms with van der Waals surface area (Å²) in [5.74, 6) is -3.89. The number of hydrogen-bond donors (Lipinski definition) is 9. The molecule has 0 radical (unpaired) electrons. The van der Waals surface area contributed by atoms with Crippen LogP contribution in [0.25, 0.3) is 0 Å². The van der Waals surface area contributed by atoms with Crippen LogP contribution in [0.15, 0.2) is 36.5 Å². The van der Waals surface area contributed by atoms with Crippen molar-refractivity contribution < 1.29 is 78.4 Å². The predicted molar refractivity (Wildman–Crippen MR) is 232 cm³/mol. The van der Waals surface area contributed by atoms with Gasteiger partial charge >= 0.3 is 19.8 Å². The molecule has 0 aromatic rings. The van der Waals surface area contributed by atoms with Crippen LogP contribution in [0, 0.1) is 11.8 Å². The topological polar surface area (TPSA) is 270 Å². The molecule has 2 fully saturated rings. The van der Waals surface area contributed by atoms with E-state index in [4.69, 9.17) is 18.5 Å². The number of phosphoric ester groups is 1. The molecular formula is C45H79O16P.